The van der Waals surface area contributed by atoms with Crippen molar-refractivity contribution in [2.75, 3.05) is 5.32 Å². The van der Waals surface area contributed by atoms with Crippen molar-refractivity contribution in [3.8, 4) is 0 Å². The van der Waals surface area contributed by atoms with E-state index in [0.29, 0.717) is 11.8 Å². The van der Waals surface area contributed by atoms with Gasteiger partial charge >= 0.3 is 0 Å². The Kier molecular flexibility index (Phi) is 3.90. The highest BCUT2D eigenvalue weighted by atomic mass is 16.2. The molecule has 2 heteroatoms. The first-order valence-electron chi connectivity index (χ1n) is 7.86. The van der Waals surface area contributed by atoms with E-state index in [9.17, 15) is 4.79 Å². The van der Waals surface area contributed by atoms with Gasteiger partial charge in [-0.2, -0.15) is 0 Å². The quantitative estimate of drug-likeness (QED) is 0.819. The lowest BCUT2D eigenvalue weighted by Gasteiger charge is -2.05. The first-order valence-corrected chi connectivity index (χ1v) is 7.86. The highest BCUT2D eigenvalue weighted by Crippen LogP contribution is 2.51. The molecule has 2 aliphatic carbocycles. The number of hydrogen-bond donors (Lipinski definition) is 1. The van der Waals surface area contributed by atoms with Gasteiger partial charge in [-0.05, 0) is 55.2 Å². The Morgan fingerprint density at radius 3 is 2.80 bits per heavy atom. The molecule has 0 bridgehead atoms. The van der Waals surface area contributed by atoms with Crippen LogP contribution in [0, 0.1) is 17.8 Å². The van der Waals surface area contributed by atoms with E-state index in [1.165, 1.54) is 31.2 Å². The Hall–Kier alpha value is -1.57. The Balaban J connectivity index is 1.62. The summed E-state index contributed by atoms with van der Waals surface area (Å²) in [5.41, 5.74) is 2.23. The van der Waals surface area contributed by atoms with Gasteiger partial charge in [0.05, 0.1) is 0 Å². The molecule has 1 aromatic carbocycles. The lowest BCUT2D eigenvalue weighted by Crippen LogP contribution is -2.15. The third kappa shape index (κ3) is 2.79. The SMILES string of the molecule is CCc1ccc(NC(=O)[C@H]2[C@H]3/C=C\CCCC[C@H]32)cc1. The van der Waals surface area contributed by atoms with Crippen molar-refractivity contribution >= 4 is 11.6 Å². The van der Waals surface area contributed by atoms with E-state index in [0.717, 1.165) is 12.1 Å². The van der Waals surface area contributed by atoms with Crippen LogP contribution < -0.4 is 5.32 Å². The molecule has 0 radical (unpaired) electrons. The number of anilines is 1. The molecule has 0 heterocycles. The molecule has 1 N–H and O–H groups in total. The summed E-state index contributed by atoms with van der Waals surface area (Å²) in [6.07, 6.45) is 10.5. The van der Waals surface area contributed by atoms with Gasteiger partial charge in [-0.15, -0.1) is 0 Å². The second-order valence-electron chi connectivity index (χ2n) is 6.02. The zero-order chi connectivity index (χ0) is 13.9. The van der Waals surface area contributed by atoms with Gasteiger partial charge in [0.25, 0.3) is 0 Å². The molecular formula is C18H23NO. The van der Waals surface area contributed by atoms with E-state index in [-0.39, 0.29) is 11.8 Å². The molecule has 0 unspecified atom stereocenters. The number of allylic oxidation sites excluding steroid dienone is 2. The smallest absolute Gasteiger partial charge is 0.228 e. The normalized spacial score (nSPS) is 29.8. The van der Waals surface area contributed by atoms with E-state index >= 15 is 0 Å². The number of carbonyl (C=O) groups is 1. The van der Waals surface area contributed by atoms with Crippen molar-refractivity contribution in [2.24, 2.45) is 17.8 Å². The molecule has 0 saturated heterocycles. The summed E-state index contributed by atoms with van der Waals surface area (Å²) in [7, 11) is 0. The molecule has 3 atom stereocenters. The van der Waals surface area contributed by atoms with Gasteiger partial charge in [0.1, 0.15) is 0 Å². The second kappa shape index (κ2) is 5.82. The Morgan fingerprint density at radius 1 is 1.25 bits per heavy atom. The van der Waals surface area contributed by atoms with Gasteiger partial charge < -0.3 is 5.32 Å². The van der Waals surface area contributed by atoms with Crippen molar-refractivity contribution < 1.29 is 4.79 Å². The summed E-state index contributed by atoms with van der Waals surface area (Å²) in [4.78, 5) is 12.4. The van der Waals surface area contributed by atoms with Crippen LogP contribution in [0.2, 0.25) is 0 Å². The first kappa shape index (κ1) is 13.4. The van der Waals surface area contributed by atoms with Crippen molar-refractivity contribution in [2.45, 2.75) is 39.0 Å². The molecule has 20 heavy (non-hydrogen) atoms. The molecule has 3 rings (SSSR count). The van der Waals surface area contributed by atoms with E-state index < -0.39 is 0 Å². The maximum absolute atomic E-state index is 12.4. The summed E-state index contributed by atoms with van der Waals surface area (Å²) >= 11 is 0. The van der Waals surface area contributed by atoms with Crippen LogP contribution in [0.5, 0.6) is 0 Å². The predicted octanol–water partition coefficient (Wildman–Crippen LogP) is 4.18. The van der Waals surface area contributed by atoms with Crippen LogP contribution in [0.4, 0.5) is 5.69 Å². The topological polar surface area (TPSA) is 29.1 Å². The minimum Gasteiger partial charge on any atom is -0.326 e. The minimum atomic E-state index is 0.204. The van der Waals surface area contributed by atoms with Gasteiger partial charge in [0.2, 0.25) is 5.91 Å². The number of hydrogen-bond acceptors (Lipinski definition) is 1. The van der Waals surface area contributed by atoms with Crippen LogP contribution in [-0.4, -0.2) is 5.91 Å². The summed E-state index contributed by atoms with van der Waals surface area (Å²) in [6.45, 7) is 2.14. The molecule has 0 aliphatic heterocycles. The fourth-order valence-electron chi connectivity index (χ4n) is 3.35. The number of fused-ring (bicyclic) bond motifs is 1. The van der Waals surface area contributed by atoms with Gasteiger partial charge in [-0.1, -0.05) is 37.6 Å². The predicted molar refractivity (Wildman–Crippen MR) is 82.5 cm³/mol. The highest BCUT2D eigenvalue weighted by molar-refractivity contribution is 5.95. The standard InChI is InChI=1S/C18H23NO/c1-2-13-9-11-14(12-10-13)19-18(20)17-15-7-5-3-4-6-8-16(15)17/h5,7,9-12,15-17H,2-4,6,8H2,1H3,(H,19,20)/b7-5-/t15-,16+,17-/m0/s1. The monoisotopic (exact) mass is 269 g/mol. The van der Waals surface area contributed by atoms with Crippen LogP contribution in [0.1, 0.15) is 38.2 Å². The lowest BCUT2D eigenvalue weighted by molar-refractivity contribution is -0.117. The summed E-state index contributed by atoms with van der Waals surface area (Å²) < 4.78 is 0. The Morgan fingerprint density at radius 2 is 2.05 bits per heavy atom. The molecule has 0 spiro atoms. The summed E-state index contributed by atoms with van der Waals surface area (Å²) in [5.74, 6) is 1.48. The maximum Gasteiger partial charge on any atom is 0.228 e. The van der Waals surface area contributed by atoms with Crippen molar-refractivity contribution in [3.63, 3.8) is 0 Å². The fourth-order valence-corrected chi connectivity index (χ4v) is 3.35. The van der Waals surface area contributed by atoms with Crippen LogP contribution in [0.25, 0.3) is 0 Å². The molecule has 106 valence electrons. The van der Waals surface area contributed by atoms with Crippen molar-refractivity contribution in [1.29, 1.82) is 0 Å². The molecule has 0 aromatic heterocycles. The van der Waals surface area contributed by atoms with Gasteiger partial charge in [-0.25, -0.2) is 0 Å². The number of carbonyl (C=O) groups excluding carboxylic acids is 1. The maximum atomic E-state index is 12.4. The summed E-state index contributed by atoms with van der Waals surface area (Å²) in [5, 5.41) is 3.08. The van der Waals surface area contributed by atoms with Crippen LogP contribution in [0.15, 0.2) is 36.4 Å². The second-order valence-corrected chi connectivity index (χ2v) is 6.02. The molecule has 2 aliphatic rings. The average molecular weight is 269 g/mol. The molecular weight excluding hydrogens is 246 g/mol. The molecule has 1 fully saturated rings. The van der Waals surface area contributed by atoms with E-state index in [2.05, 4.69) is 36.5 Å². The van der Waals surface area contributed by atoms with Crippen molar-refractivity contribution in [3.05, 3.63) is 42.0 Å². The Bertz CT molecular complexity index is 503. The Labute approximate surface area is 121 Å². The zero-order valence-electron chi connectivity index (χ0n) is 12.1. The minimum absolute atomic E-state index is 0.204. The average Bonchev–Trinajstić information content (AvgIpc) is 3.11. The third-order valence-corrected chi connectivity index (χ3v) is 4.68. The van der Waals surface area contributed by atoms with Gasteiger partial charge in [0.15, 0.2) is 0 Å². The molecule has 1 saturated carbocycles. The molecule has 1 amide bonds. The fraction of sp³-hybridized carbons (Fsp3) is 0.500. The van der Waals surface area contributed by atoms with Gasteiger partial charge in [0, 0.05) is 11.6 Å². The number of amides is 1. The van der Waals surface area contributed by atoms with E-state index in [4.69, 9.17) is 0 Å². The van der Waals surface area contributed by atoms with Crippen LogP contribution >= 0.6 is 0 Å². The van der Waals surface area contributed by atoms with Crippen LogP contribution in [-0.2, 0) is 11.2 Å². The first-order chi connectivity index (χ1) is 9.79. The van der Waals surface area contributed by atoms with Crippen molar-refractivity contribution in [1.82, 2.24) is 0 Å². The molecule has 1 aromatic rings. The zero-order valence-corrected chi connectivity index (χ0v) is 12.1. The van der Waals surface area contributed by atoms with Gasteiger partial charge in [-0.3, -0.25) is 4.79 Å². The van der Waals surface area contributed by atoms with Crippen LogP contribution in [0.3, 0.4) is 0 Å². The molecule has 2 nitrogen and oxygen atoms in total. The summed E-state index contributed by atoms with van der Waals surface area (Å²) in [6, 6.07) is 8.20. The largest absolute Gasteiger partial charge is 0.326 e. The number of benzene rings is 1. The number of nitrogens with one attached hydrogen (secondary N) is 1. The van der Waals surface area contributed by atoms with E-state index in [1.54, 1.807) is 0 Å². The highest BCUT2D eigenvalue weighted by Gasteiger charge is 2.52. The number of rotatable bonds is 3. The number of aryl methyl sites for hydroxylation is 1. The third-order valence-electron chi connectivity index (χ3n) is 4.68. The van der Waals surface area contributed by atoms with E-state index in [1.807, 2.05) is 12.1 Å². The lowest BCUT2D eigenvalue weighted by atomic mass is 10.1.